The number of halogens is 1. The van der Waals surface area contributed by atoms with Gasteiger partial charge in [-0.05, 0) is 30.5 Å². The van der Waals surface area contributed by atoms with E-state index in [2.05, 4.69) is 0 Å². The van der Waals surface area contributed by atoms with Gasteiger partial charge >= 0.3 is 0 Å². The summed E-state index contributed by atoms with van der Waals surface area (Å²) in [6.07, 6.45) is 0.687. The molecule has 1 aromatic carbocycles. The van der Waals surface area contributed by atoms with Gasteiger partial charge in [-0.2, -0.15) is 9.57 Å². The van der Waals surface area contributed by atoms with E-state index in [0.29, 0.717) is 13.0 Å². The first-order valence-corrected chi connectivity index (χ1v) is 8.06. The Morgan fingerprint density at radius 3 is 2.85 bits per heavy atom. The fourth-order valence-corrected chi connectivity index (χ4v) is 4.60. The minimum atomic E-state index is -3.83. The van der Waals surface area contributed by atoms with E-state index in [0.717, 1.165) is 0 Å². The number of sulfonamides is 1. The van der Waals surface area contributed by atoms with Crippen LogP contribution in [0.5, 0.6) is 0 Å². The van der Waals surface area contributed by atoms with Gasteiger partial charge in [0.25, 0.3) is 0 Å². The van der Waals surface area contributed by atoms with Gasteiger partial charge in [0.15, 0.2) is 0 Å². The predicted octanol–water partition coefficient (Wildman–Crippen LogP) is 1.60. The lowest BCUT2D eigenvalue weighted by Gasteiger charge is -2.25. The van der Waals surface area contributed by atoms with Gasteiger partial charge < -0.3 is 5.11 Å². The van der Waals surface area contributed by atoms with Crippen LogP contribution in [0.2, 0.25) is 5.02 Å². The molecule has 0 radical (unpaired) electrons. The first-order chi connectivity index (χ1) is 9.41. The van der Waals surface area contributed by atoms with Crippen LogP contribution in [-0.4, -0.2) is 37.0 Å². The lowest BCUT2D eigenvalue weighted by atomic mass is 10.0. The van der Waals surface area contributed by atoms with Crippen molar-refractivity contribution in [2.75, 3.05) is 13.2 Å². The molecule has 0 bridgehead atoms. The number of nitrogens with zero attached hydrogens (tertiary/aromatic N) is 2. The molecule has 5 nitrogen and oxygen atoms in total. The highest BCUT2D eigenvalue weighted by molar-refractivity contribution is 7.89. The van der Waals surface area contributed by atoms with Crippen LogP contribution < -0.4 is 0 Å². The Balaban J connectivity index is 2.51. The fraction of sp³-hybridized carbons (Fsp3) is 0.462. The van der Waals surface area contributed by atoms with E-state index in [1.807, 2.05) is 13.0 Å². The van der Waals surface area contributed by atoms with Crippen LogP contribution in [0.3, 0.4) is 0 Å². The van der Waals surface area contributed by atoms with Crippen LogP contribution in [0.4, 0.5) is 0 Å². The highest BCUT2D eigenvalue weighted by Crippen LogP contribution is 2.32. The van der Waals surface area contributed by atoms with Crippen LogP contribution in [0, 0.1) is 17.2 Å². The molecular formula is C13H15ClN2O3S. The first-order valence-electron chi connectivity index (χ1n) is 6.24. The van der Waals surface area contributed by atoms with E-state index in [1.165, 1.54) is 22.5 Å². The van der Waals surface area contributed by atoms with Crippen LogP contribution in [0.15, 0.2) is 23.1 Å². The number of rotatable bonds is 3. The average Bonchev–Trinajstić information content (AvgIpc) is 2.80. The van der Waals surface area contributed by atoms with Gasteiger partial charge in [-0.15, -0.1) is 0 Å². The monoisotopic (exact) mass is 314 g/mol. The summed E-state index contributed by atoms with van der Waals surface area (Å²) in [5.41, 5.74) is 0.0608. The maximum atomic E-state index is 12.7. The second-order valence-corrected chi connectivity index (χ2v) is 7.18. The summed E-state index contributed by atoms with van der Waals surface area (Å²) >= 11 is 5.84. The smallest absolute Gasteiger partial charge is 0.244 e. The molecule has 0 amide bonds. The molecule has 1 heterocycles. The summed E-state index contributed by atoms with van der Waals surface area (Å²) in [6.45, 7) is 2.01. The molecule has 1 aliphatic heterocycles. The lowest BCUT2D eigenvalue weighted by molar-refractivity contribution is 0.191. The van der Waals surface area contributed by atoms with Crippen molar-refractivity contribution in [1.82, 2.24) is 4.31 Å². The number of nitriles is 1. The van der Waals surface area contributed by atoms with Gasteiger partial charge in [-0.25, -0.2) is 8.42 Å². The zero-order valence-corrected chi connectivity index (χ0v) is 12.5. The Kier molecular flexibility index (Phi) is 4.35. The molecule has 2 rings (SSSR count). The molecule has 0 spiro atoms. The highest BCUT2D eigenvalue weighted by atomic mass is 35.5. The maximum Gasteiger partial charge on any atom is 0.244 e. The minimum Gasteiger partial charge on any atom is -0.395 e. The average molecular weight is 315 g/mol. The molecule has 1 aliphatic rings. The summed E-state index contributed by atoms with van der Waals surface area (Å²) in [5, 5.41) is 18.7. The standard InChI is InChI=1S/C13H15ClN2O3S/c1-9-4-5-16(12(9)8-17)20(18,19)13-6-11(14)3-2-10(13)7-15/h2-3,6,9,12,17H,4-5,8H2,1H3. The van der Waals surface area contributed by atoms with Gasteiger partial charge in [0.2, 0.25) is 10.0 Å². The van der Waals surface area contributed by atoms with Gasteiger partial charge in [0.1, 0.15) is 11.0 Å². The van der Waals surface area contributed by atoms with Crippen molar-refractivity contribution >= 4 is 21.6 Å². The number of hydrogen-bond acceptors (Lipinski definition) is 4. The topological polar surface area (TPSA) is 81.4 Å². The molecule has 0 aromatic heterocycles. The van der Waals surface area contributed by atoms with E-state index in [-0.39, 0.29) is 28.0 Å². The number of aliphatic hydroxyl groups is 1. The summed E-state index contributed by atoms with van der Waals surface area (Å²) in [6, 6.07) is 5.57. The van der Waals surface area contributed by atoms with Crippen LogP contribution >= 0.6 is 11.6 Å². The number of aliphatic hydroxyl groups excluding tert-OH is 1. The molecule has 1 saturated heterocycles. The summed E-state index contributed by atoms with van der Waals surface area (Å²) in [7, 11) is -3.83. The first kappa shape index (κ1) is 15.3. The van der Waals surface area contributed by atoms with Crippen LogP contribution in [0.1, 0.15) is 18.9 Å². The molecule has 1 N–H and O–H groups in total. The van der Waals surface area contributed by atoms with Crippen molar-refractivity contribution in [3.05, 3.63) is 28.8 Å². The van der Waals surface area contributed by atoms with E-state index >= 15 is 0 Å². The van der Waals surface area contributed by atoms with Crippen LogP contribution in [-0.2, 0) is 10.0 Å². The third-order valence-corrected chi connectivity index (χ3v) is 5.87. The summed E-state index contributed by atoms with van der Waals surface area (Å²) < 4.78 is 26.6. The van der Waals surface area contributed by atoms with Gasteiger partial charge in [0, 0.05) is 11.6 Å². The molecular weight excluding hydrogens is 300 g/mol. The zero-order valence-electron chi connectivity index (χ0n) is 11.0. The molecule has 2 atom stereocenters. The van der Waals surface area contributed by atoms with Crippen molar-refractivity contribution < 1.29 is 13.5 Å². The second kappa shape index (κ2) is 5.70. The second-order valence-electron chi connectivity index (χ2n) is 4.88. The van der Waals surface area contributed by atoms with E-state index in [1.54, 1.807) is 0 Å². The Labute approximate surface area is 123 Å². The molecule has 1 aromatic rings. The molecule has 2 unspecified atom stereocenters. The Hall–Kier alpha value is -1.13. The molecule has 7 heteroatoms. The predicted molar refractivity (Wildman–Crippen MR) is 74.7 cm³/mol. The molecule has 0 saturated carbocycles. The summed E-state index contributed by atoms with van der Waals surface area (Å²) in [4.78, 5) is -0.0972. The minimum absolute atomic E-state index is 0.0608. The van der Waals surface area contributed by atoms with Crippen molar-refractivity contribution in [2.24, 2.45) is 5.92 Å². The van der Waals surface area contributed by atoms with E-state index < -0.39 is 16.1 Å². The molecule has 1 fully saturated rings. The Bertz CT molecular complexity index is 654. The molecule has 20 heavy (non-hydrogen) atoms. The lowest BCUT2D eigenvalue weighted by Crippen LogP contribution is -2.40. The third-order valence-electron chi connectivity index (χ3n) is 3.67. The van der Waals surface area contributed by atoms with Crippen molar-refractivity contribution in [2.45, 2.75) is 24.3 Å². The van der Waals surface area contributed by atoms with Gasteiger partial charge in [-0.1, -0.05) is 18.5 Å². The van der Waals surface area contributed by atoms with E-state index in [4.69, 9.17) is 16.9 Å². The quantitative estimate of drug-likeness (QED) is 0.919. The normalized spacial score (nSPS) is 23.7. The number of hydrogen-bond donors (Lipinski definition) is 1. The van der Waals surface area contributed by atoms with E-state index in [9.17, 15) is 13.5 Å². The molecule has 0 aliphatic carbocycles. The third kappa shape index (κ3) is 2.54. The SMILES string of the molecule is CC1CCN(S(=O)(=O)c2cc(Cl)ccc2C#N)C1CO. The van der Waals surface area contributed by atoms with Crippen molar-refractivity contribution in [1.29, 1.82) is 5.26 Å². The number of benzene rings is 1. The van der Waals surface area contributed by atoms with Crippen molar-refractivity contribution in [3.8, 4) is 6.07 Å². The van der Waals surface area contributed by atoms with Crippen molar-refractivity contribution in [3.63, 3.8) is 0 Å². The zero-order chi connectivity index (χ0) is 14.9. The largest absolute Gasteiger partial charge is 0.395 e. The fourth-order valence-electron chi connectivity index (χ4n) is 2.47. The Morgan fingerprint density at radius 2 is 2.25 bits per heavy atom. The van der Waals surface area contributed by atoms with Gasteiger partial charge in [-0.3, -0.25) is 0 Å². The van der Waals surface area contributed by atoms with Gasteiger partial charge in [0.05, 0.1) is 18.2 Å². The highest BCUT2D eigenvalue weighted by Gasteiger charge is 2.40. The molecule has 108 valence electrons. The Morgan fingerprint density at radius 1 is 1.55 bits per heavy atom. The maximum absolute atomic E-state index is 12.7. The van der Waals surface area contributed by atoms with Crippen LogP contribution in [0.25, 0.3) is 0 Å². The summed E-state index contributed by atoms with van der Waals surface area (Å²) in [5.74, 6) is 0.0829.